The third-order valence-corrected chi connectivity index (χ3v) is 3.33. The maximum atomic E-state index is 13.6. The number of rotatable bonds is 7. The molecule has 0 aromatic heterocycles. The van der Waals surface area contributed by atoms with Crippen molar-refractivity contribution in [1.82, 2.24) is 16.0 Å². The molecule has 1 unspecified atom stereocenters. The predicted molar refractivity (Wildman–Crippen MR) is 114 cm³/mol. The van der Waals surface area contributed by atoms with E-state index in [9.17, 15) is 9.18 Å². The van der Waals surface area contributed by atoms with Crippen LogP contribution in [0.3, 0.4) is 0 Å². The van der Waals surface area contributed by atoms with E-state index in [4.69, 9.17) is 4.74 Å². The molecule has 26 heavy (non-hydrogen) atoms. The van der Waals surface area contributed by atoms with Crippen molar-refractivity contribution in [3.05, 3.63) is 30.1 Å². The maximum absolute atomic E-state index is 13.6. The van der Waals surface area contributed by atoms with Crippen LogP contribution in [0.25, 0.3) is 0 Å². The molecule has 6 nitrogen and oxygen atoms in total. The summed E-state index contributed by atoms with van der Waals surface area (Å²) >= 11 is 0. The van der Waals surface area contributed by atoms with Crippen molar-refractivity contribution in [3.63, 3.8) is 0 Å². The molecule has 1 rings (SSSR count). The van der Waals surface area contributed by atoms with Crippen molar-refractivity contribution in [2.45, 2.75) is 33.8 Å². The number of hydrogen-bond donors (Lipinski definition) is 3. The number of aliphatic imine (C=N–C) groups is 1. The van der Waals surface area contributed by atoms with Crippen LogP contribution in [-0.2, 0) is 4.79 Å². The third kappa shape index (κ3) is 9.21. The smallest absolute Gasteiger partial charge is 0.225 e. The number of carbonyl (C=O) groups excluding carboxylic acids is 1. The first-order valence-corrected chi connectivity index (χ1v) is 8.38. The SMILES string of the molecule is CN=C(NCCNC(=O)C(C)(C)C)NCC(C)Oc1ccccc1F.I. The second-order valence-corrected chi connectivity index (χ2v) is 6.74. The molecule has 0 spiro atoms. The number of benzene rings is 1. The third-order valence-electron chi connectivity index (χ3n) is 3.33. The normalized spacial score (nSPS) is 12.6. The number of ether oxygens (including phenoxy) is 1. The van der Waals surface area contributed by atoms with Crippen molar-refractivity contribution in [3.8, 4) is 5.75 Å². The minimum Gasteiger partial charge on any atom is -0.486 e. The molecule has 0 aliphatic carbocycles. The zero-order chi connectivity index (χ0) is 18.9. The lowest BCUT2D eigenvalue weighted by Crippen LogP contribution is -2.45. The van der Waals surface area contributed by atoms with Crippen LogP contribution < -0.4 is 20.7 Å². The number of para-hydroxylation sites is 1. The van der Waals surface area contributed by atoms with Gasteiger partial charge in [0, 0.05) is 25.6 Å². The highest BCUT2D eigenvalue weighted by Gasteiger charge is 2.20. The molecule has 8 heteroatoms. The van der Waals surface area contributed by atoms with Gasteiger partial charge in [0.25, 0.3) is 0 Å². The molecule has 0 radical (unpaired) electrons. The molecule has 0 saturated heterocycles. The van der Waals surface area contributed by atoms with Crippen LogP contribution in [0.2, 0.25) is 0 Å². The Balaban J connectivity index is 0.00000625. The Morgan fingerprint density at radius 3 is 2.38 bits per heavy atom. The van der Waals surface area contributed by atoms with Crippen molar-refractivity contribution < 1.29 is 13.9 Å². The Labute approximate surface area is 172 Å². The molecule has 0 fully saturated rings. The summed E-state index contributed by atoms with van der Waals surface area (Å²) in [5.41, 5.74) is -0.403. The molecule has 1 amide bonds. The highest BCUT2D eigenvalue weighted by Crippen LogP contribution is 2.16. The lowest BCUT2D eigenvalue weighted by atomic mass is 9.96. The summed E-state index contributed by atoms with van der Waals surface area (Å²) in [5, 5.41) is 9.06. The van der Waals surface area contributed by atoms with E-state index in [1.165, 1.54) is 6.07 Å². The van der Waals surface area contributed by atoms with Gasteiger partial charge in [-0.05, 0) is 19.1 Å². The monoisotopic (exact) mass is 480 g/mol. The molecule has 0 aliphatic heterocycles. The first-order chi connectivity index (χ1) is 11.7. The lowest BCUT2D eigenvalue weighted by Gasteiger charge is -2.19. The largest absolute Gasteiger partial charge is 0.486 e. The highest BCUT2D eigenvalue weighted by atomic mass is 127. The van der Waals surface area contributed by atoms with Gasteiger partial charge in [0.1, 0.15) is 6.10 Å². The van der Waals surface area contributed by atoms with Crippen LogP contribution in [0.1, 0.15) is 27.7 Å². The van der Waals surface area contributed by atoms with Gasteiger partial charge in [0.05, 0.1) is 6.54 Å². The molecule has 0 saturated carbocycles. The quantitative estimate of drug-likeness (QED) is 0.243. The first kappa shape index (κ1) is 24.4. The number of nitrogens with one attached hydrogen (secondary N) is 3. The van der Waals surface area contributed by atoms with Crippen LogP contribution in [0.4, 0.5) is 4.39 Å². The van der Waals surface area contributed by atoms with Crippen molar-refractivity contribution in [2.75, 3.05) is 26.7 Å². The van der Waals surface area contributed by atoms with Crippen molar-refractivity contribution >= 4 is 35.8 Å². The molecule has 1 aromatic carbocycles. The summed E-state index contributed by atoms with van der Waals surface area (Å²) in [7, 11) is 1.66. The minimum absolute atomic E-state index is 0. The van der Waals surface area contributed by atoms with Crippen LogP contribution in [0.15, 0.2) is 29.3 Å². The molecule has 1 atom stereocenters. The van der Waals surface area contributed by atoms with Crippen LogP contribution >= 0.6 is 24.0 Å². The summed E-state index contributed by atoms with van der Waals surface area (Å²) in [5.74, 6) is 0.439. The van der Waals surface area contributed by atoms with E-state index < -0.39 is 5.41 Å². The van der Waals surface area contributed by atoms with E-state index in [1.54, 1.807) is 25.2 Å². The molecule has 3 N–H and O–H groups in total. The van der Waals surface area contributed by atoms with E-state index in [-0.39, 0.29) is 47.6 Å². The lowest BCUT2D eigenvalue weighted by molar-refractivity contribution is -0.128. The van der Waals surface area contributed by atoms with E-state index in [0.29, 0.717) is 25.6 Å². The van der Waals surface area contributed by atoms with Gasteiger partial charge in [-0.1, -0.05) is 32.9 Å². The number of carbonyl (C=O) groups is 1. The van der Waals surface area contributed by atoms with Gasteiger partial charge < -0.3 is 20.7 Å². The molecule has 148 valence electrons. The van der Waals surface area contributed by atoms with Crippen molar-refractivity contribution in [1.29, 1.82) is 0 Å². The van der Waals surface area contributed by atoms with Crippen LogP contribution in [-0.4, -0.2) is 44.7 Å². The number of hydrogen-bond acceptors (Lipinski definition) is 3. The fraction of sp³-hybridized carbons (Fsp3) is 0.556. The Hall–Kier alpha value is -1.58. The van der Waals surface area contributed by atoms with Gasteiger partial charge in [-0.15, -0.1) is 24.0 Å². The van der Waals surface area contributed by atoms with Gasteiger partial charge in [-0.2, -0.15) is 0 Å². The van der Waals surface area contributed by atoms with E-state index >= 15 is 0 Å². The fourth-order valence-electron chi connectivity index (χ4n) is 1.88. The summed E-state index contributed by atoms with van der Waals surface area (Å²) in [6, 6.07) is 6.30. The molecule has 0 heterocycles. The van der Waals surface area contributed by atoms with Gasteiger partial charge in [-0.25, -0.2) is 4.39 Å². The summed E-state index contributed by atoms with van der Waals surface area (Å²) in [6.07, 6.45) is -0.240. The van der Waals surface area contributed by atoms with Gasteiger partial charge in [0.2, 0.25) is 5.91 Å². The first-order valence-electron chi connectivity index (χ1n) is 8.38. The predicted octanol–water partition coefficient (Wildman–Crippen LogP) is 2.54. The molecule has 0 bridgehead atoms. The number of halogens is 2. The Kier molecular flexibility index (Phi) is 11.2. The summed E-state index contributed by atoms with van der Waals surface area (Å²) < 4.78 is 19.1. The highest BCUT2D eigenvalue weighted by molar-refractivity contribution is 14.0. The Morgan fingerprint density at radius 1 is 1.19 bits per heavy atom. The van der Waals surface area contributed by atoms with Gasteiger partial charge in [-0.3, -0.25) is 9.79 Å². The zero-order valence-corrected chi connectivity index (χ0v) is 18.4. The summed E-state index contributed by atoms with van der Waals surface area (Å²) in [6.45, 7) is 8.95. The molecular formula is C18H30FIN4O2. The second kappa shape index (κ2) is 11.9. The molecular weight excluding hydrogens is 450 g/mol. The maximum Gasteiger partial charge on any atom is 0.225 e. The van der Waals surface area contributed by atoms with Crippen molar-refractivity contribution in [2.24, 2.45) is 10.4 Å². The average molecular weight is 480 g/mol. The van der Waals surface area contributed by atoms with Gasteiger partial charge in [0.15, 0.2) is 17.5 Å². The van der Waals surface area contributed by atoms with E-state index in [2.05, 4.69) is 20.9 Å². The average Bonchev–Trinajstić information content (AvgIpc) is 2.55. The van der Waals surface area contributed by atoms with Gasteiger partial charge >= 0.3 is 0 Å². The van der Waals surface area contributed by atoms with E-state index in [1.807, 2.05) is 27.7 Å². The van der Waals surface area contributed by atoms with Crippen LogP contribution in [0, 0.1) is 11.2 Å². The van der Waals surface area contributed by atoms with Crippen LogP contribution in [0.5, 0.6) is 5.75 Å². The fourth-order valence-corrected chi connectivity index (χ4v) is 1.88. The zero-order valence-electron chi connectivity index (χ0n) is 16.1. The standard InChI is InChI=1S/C18H29FN4O2.HI/c1-13(25-15-9-7-6-8-14(15)19)12-23-17(20-5)22-11-10-21-16(24)18(2,3)4;/h6-9,13H,10-12H2,1-5H3,(H,21,24)(H2,20,22,23);1H. The number of amides is 1. The second-order valence-electron chi connectivity index (χ2n) is 6.74. The van der Waals surface area contributed by atoms with E-state index in [0.717, 1.165) is 0 Å². The number of guanidine groups is 1. The Bertz CT molecular complexity index is 591. The number of nitrogens with zero attached hydrogens (tertiary/aromatic N) is 1. The Morgan fingerprint density at radius 2 is 1.81 bits per heavy atom. The topological polar surface area (TPSA) is 74.8 Å². The minimum atomic E-state index is -0.403. The molecule has 1 aromatic rings. The summed E-state index contributed by atoms with van der Waals surface area (Å²) in [4.78, 5) is 15.9. The molecule has 0 aliphatic rings.